The summed E-state index contributed by atoms with van der Waals surface area (Å²) in [6.07, 6.45) is 0. The Morgan fingerprint density at radius 2 is 1.63 bits per heavy atom. The van der Waals surface area contributed by atoms with E-state index in [1.54, 1.807) is 28.2 Å². The number of amides is 1. The summed E-state index contributed by atoms with van der Waals surface area (Å²) in [6.45, 7) is 5.43. The highest BCUT2D eigenvalue weighted by Gasteiger charge is 2.28. The van der Waals surface area contributed by atoms with Gasteiger partial charge in [-0.2, -0.15) is 4.31 Å². The van der Waals surface area contributed by atoms with Crippen LogP contribution < -0.4 is 5.32 Å². The Morgan fingerprint density at radius 1 is 0.914 bits per heavy atom. The highest BCUT2D eigenvalue weighted by Crippen LogP contribution is 2.19. The van der Waals surface area contributed by atoms with Crippen molar-refractivity contribution in [1.82, 2.24) is 14.5 Å². The molecular weight excluding hydrogens is 478 g/mol. The summed E-state index contributed by atoms with van der Waals surface area (Å²) in [5, 5.41) is 2.99. The zero-order valence-corrected chi connectivity index (χ0v) is 21.5. The summed E-state index contributed by atoms with van der Waals surface area (Å²) < 4.78 is 27.4. The maximum absolute atomic E-state index is 12.9. The van der Waals surface area contributed by atoms with Gasteiger partial charge in [0.15, 0.2) is 0 Å². The van der Waals surface area contributed by atoms with Gasteiger partial charge in [0.25, 0.3) is 5.91 Å². The molecular formula is C27H31N3O3S2. The van der Waals surface area contributed by atoms with Crippen LogP contribution in [0.5, 0.6) is 0 Å². The Morgan fingerprint density at radius 3 is 2.34 bits per heavy atom. The van der Waals surface area contributed by atoms with Gasteiger partial charge in [-0.15, -0.1) is 11.8 Å². The molecule has 0 unspecified atom stereocenters. The summed E-state index contributed by atoms with van der Waals surface area (Å²) in [7, 11) is -3.47. The summed E-state index contributed by atoms with van der Waals surface area (Å²) in [6, 6.07) is 24.8. The Hall–Kier alpha value is -2.65. The Bertz CT molecular complexity index is 1220. The number of benzene rings is 3. The van der Waals surface area contributed by atoms with Crippen molar-refractivity contribution in [1.29, 1.82) is 0 Å². The number of hydrogen-bond acceptors (Lipinski definition) is 5. The number of carbonyl (C=O) groups excluding carboxylic acids is 1. The fourth-order valence-electron chi connectivity index (χ4n) is 4.01. The molecule has 1 heterocycles. The second kappa shape index (κ2) is 11.9. The molecule has 184 valence electrons. The summed E-state index contributed by atoms with van der Waals surface area (Å²) in [4.78, 5) is 16.4. The zero-order valence-electron chi connectivity index (χ0n) is 19.9. The van der Waals surface area contributed by atoms with Crippen molar-refractivity contribution < 1.29 is 13.2 Å². The van der Waals surface area contributed by atoms with E-state index < -0.39 is 10.0 Å². The third-order valence-electron chi connectivity index (χ3n) is 5.98. The molecule has 0 atom stereocenters. The largest absolute Gasteiger partial charge is 0.351 e. The monoisotopic (exact) mass is 509 g/mol. The molecule has 0 bridgehead atoms. The Balaban J connectivity index is 1.26. The lowest BCUT2D eigenvalue weighted by Crippen LogP contribution is -2.48. The number of carbonyl (C=O) groups is 1. The highest BCUT2D eigenvalue weighted by atomic mass is 32.2. The molecule has 6 nitrogen and oxygen atoms in total. The molecule has 1 saturated heterocycles. The van der Waals surface area contributed by atoms with Gasteiger partial charge < -0.3 is 5.32 Å². The molecule has 0 saturated carbocycles. The minimum Gasteiger partial charge on any atom is -0.351 e. The van der Waals surface area contributed by atoms with Crippen molar-refractivity contribution in [2.45, 2.75) is 23.3 Å². The third kappa shape index (κ3) is 6.95. The lowest BCUT2D eigenvalue weighted by atomic mass is 10.1. The van der Waals surface area contributed by atoms with E-state index in [1.165, 1.54) is 4.90 Å². The van der Waals surface area contributed by atoms with E-state index in [1.807, 2.05) is 61.5 Å². The molecule has 1 fully saturated rings. The summed E-state index contributed by atoms with van der Waals surface area (Å²) in [5.41, 5.74) is 2.73. The lowest BCUT2D eigenvalue weighted by Gasteiger charge is -2.34. The molecule has 0 aliphatic carbocycles. The van der Waals surface area contributed by atoms with Crippen LogP contribution in [0.1, 0.15) is 21.5 Å². The Labute approximate surface area is 212 Å². The fourth-order valence-corrected chi connectivity index (χ4v) is 6.22. The van der Waals surface area contributed by atoms with Crippen LogP contribution in [0.2, 0.25) is 0 Å². The fraction of sp³-hybridized carbons (Fsp3) is 0.296. The van der Waals surface area contributed by atoms with Crippen LogP contribution in [0.4, 0.5) is 0 Å². The topological polar surface area (TPSA) is 69.7 Å². The second-order valence-corrected chi connectivity index (χ2v) is 11.7. The smallest absolute Gasteiger partial charge is 0.251 e. The van der Waals surface area contributed by atoms with E-state index >= 15 is 0 Å². The number of rotatable bonds is 9. The predicted octanol–water partition coefficient (Wildman–Crippen LogP) is 4.02. The van der Waals surface area contributed by atoms with E-state index in [0.29, 0.717) is 49.7 Å². The number of nitrogens with zero attached hydrogens (tertiary/aromatic N) is 2. The van der Waals surface area contributed by atoms with Crippen molar-refractivity contribution >= 4 is 27.7 Å². The molecule has 0 spiro atoms. The molecule has 8 heteroatoms. The number of aryl methyl sites for hydroxylation is 1. The summed E-state index contributed by atoms with van der Waals surface area (Å²) >= 11 is 1.72. The molecule has 3 aromatic carbocycles. The first-order valence-electron chi connectivity index (χ1n) is 11.8. The van der Waals surface area contributed by atoms with Crippen LogP contribution in [0.15, 0.2) is 88.7 Å². The maximum atomic E-state index is 12.9. The van der Waals surface area contributed by atoms with E-state index in [9.17, 15) is 13.2 Å². The van der Waals surface area contributed by atoms with Crippen LogP contribution >= 0.6 is 11.8 Å². The first kappa shape index (κ1) is 25.4. The van der Waals surface area contributed by atoms with Crippen LogP contribution in [0, 0.1) is 6.92 Å². The van der Waals surface area contributed by atoms with Crippen molar-refractivity contribution in [3.05, 3.63) is 95.6 Å². The first-order chi connectivity index (χ1) is 16.9. The van der Waals surface area contributed by atoms with Gasteiger partial charge in [-0.1, -0.05) is 48.0 Å². The minimum atomic E-state index is -3.47. The summed E-state index contributed by atoms with van der Waals surface area (Å²) in [5.74, 6) is 0.736. The van der Waals surface area contributed by atoms with Crippen LogP contribution in [-0.2, 0) is 16.6 Å². The van der Waals surface area contributed by atoms with Crippen molar-refractivity contribution in [3.8, 4) is 0 Å². The molecule has 3 aromatic rings. The van der Waals surface area contributed by atoms with Crippen LogP contribution in [0.25, 0.3) is 0 Å². The zero-order chi connectivity index (χ0) is 24.7. The number of sulfonamides is 1. The number of piperazine rings is 1. The molecule has 0 radical (unpaired) electrons. The number of thioether (sulfide) groups is 1. The predicted molar refractivity (Wildman–Crippen MR) is 141 cm³/mol. The molecule has 1 aliphatic rings. The van der Waals surface area contributed by atoms with Gasteiger partial charge >= 0.3 is 0 Å². The van der Waals surface area contributed by atoms with Gasteiger partial charge in [0, 0.05) is 55.5 Å². The van der Waals surface area contributed by atoms with Crippen LogP contribution in [-0.4, -0.2) is 62.0 Å². The first-order valence-corrected chi connectivity index (χ1v) is 14.2. The van der Waals surface area contributed by atoms with E-state index in [0.717, 1.165) is 16.9 Å². The van der Waals surface area contributed by atoms with Gasteiger partial charge in [-0.25, -0.2) is 8.42 Å². The normalized spacial score (nSPS) is 15.1. The van der Waals surface area contributed by atoms with E-state index in [-0.39, 0.29) is 5.91 Å². The van der Waals surface area contributed by atoms with Gasteiger partial charge in [0.2, 0.25) is 10.0 Å². The van der Waals surface area contributed by atoms with Crippen molar-refractivity contribution in [2.75, 3.05) is 38.5 Å². The van der Waals surface area contributed by atoms with Crippen molar-refractivity contribution in [3.63, 3.8) is 0 Å². The van der Waals surface area contributed by atoms with E-state index in [2.05, 4.69) is 22.3 Å². The molecule has 1 amide bonds. The Kier molecular flexibility index (Phi) is 8.62. The quantitative estimate of drug-likeness (QED) is 0.349. The SMILES string of the molecule is Cc1ccc(S(=O)(=O)N2CCN(Cc3cccc(C(=O)NCCSc4ccccc4)c3)CC2)cc1. The average molecular weight is 510 g/mol. The van der Waals surface area contributed by atoms with E-state index in [4.69, 9.17) is 0 Å². The third-order valence-corrected chi connectivity index (χ3v) is 8.91. The van der Waals surface area contributed by atoms with Gasteiger partial charge in [-0.3, -0.25) is 9.69 Å². The maximum Gasteiger partial charge on any atom is 0.251 e. The van der Waals surface area contributed by atoms with Crippen molar-refractivity contribution in [2.24, 2.45) is 0 Å². The van der Waals surface area contributed by atoms with Gasteiger partial charge in [-0.05, 0) is 48.9 Å². The minimum absolute atomic E-state index is 0.0745. The number of nitrogens with one attached hydrogen (secondary N) is 1. The second-order valence-electron chi connectivity index (χ2n) is 8.61. The number of hydrogen-bond donors (Lipinski definition) is 1. The lowest BCUT2D eigenvalue weighted by molar-refractivity contribution is 0.0956. The standard InChI is InChI=1S/C27H31N3O3S2/c1-22-10-12-26(13-11-22)35(32,33)30-17-15-29(16-18-30)21-23-6-5-7-24(20-23)27(31)28-14-19-34-25-8-3-2-4-9-25/h2-13,20H,14-19,21H2,1H3,(H,28,31). The molecule has 1 N–H and O–H groups in total. The molecule has 4 rings (SSSR count). The molecule has 35 heavy (non-hydrogen) atoms. The highest BCUT2D eigenvalue weighted by molar-refractivity contribution is 7.99. The molecule has 1 aliphatic heterocycles. The average Bonchev–Trinajstić information content (AvgIpc) is 2.88. The van der Waals surface area contributed by atoms with Crippen LogP contribution in [0.3, 0.4) is 0 Å². The van der Waals surface area contributed by atoms with Gasteiger partial charge in [0.1, 0.15) is 0 Å². The molecule has 0 aromatic heterocycles. The van der Waals surface area contributed by atoms with Gasteiger partial charge in [0.05, 0.1) is 4.90 Å².